The Labute approximate surface area is 122 Å². The molecule has 2 aromatic rings. The van der Waals surface area contributed by atoms with Crippen molar-refractivity contribution in [2.75, 3.05) is 0 Å². The summed E-state index contributed by atoms with van der Waals surface area (Å²) in [6.07, 6.45) is 0. The van der Waals surface area contributed by atoms with Crippen molar-refractivity contribution in [1.29, 1.82) is 0 Å². The molecule has 0 atom stereocenters. The Morgan fingerprint density at radius 2 is 1.60 bits per heavy atom. The first kappa shape index (κ1) is 14.8. The highest BCUT2D eigenvalue weighted by atomic mass is 16.2. The molecule has 0 aromatic heterocycles. The molecule has 0 spiro atoms. The van der Waals surface area contributed by atoms with E-state index in [1.807, 2.05) is 24.3 Å². The zero-order valence-corrected chi connectivity index (χ0v) is 12.3. The molecule has 104 valence electrons. The van der Waals surface area contributed by atoms with E-state index in [1.54, 1.807) is 0 Å². The summed E-state index contributed by atoms with van der Waals surface area (Å²) < 4.78 is 0. The summed E-state index contributed by atoms with van der Waals surface area (Å²) in [5.74, 6) is 0. The van der Waals surface area contributed by atoms with Gasteiger partial charge in [-0.25, -0.2) is 0 Å². The van der Waals surface area contributed by atoms with Gasteiger partial charge in [0.15, 0.2) is 0 Å². The first-order chi connectivity index (χ1) is 9.70. The van der Waals surface area contributed by atoms with Crippen molar-refractivity contribution in [3.63, 3.8) is 0 Å². The zero-order valence-electron chi connectivity index (χ0n) is 12.3. The summed E-state index contributed by atoms with van der Waals surface area (Å²) in [7, 11) is 0.105. The molecular formula is C17H22BNO. The molecule has 0 aliphatic carbocycles. The van der Waals surface area contributed by atoms with Crippen molar-refractivity contribution >= 4 is 12.9 Å². The van der Waals surface area contributed by atoms with Crippen LogP contribution in [0.25, 0.3) is 0 Å². The standard InChI is InChI=1S/C17H22BNO/c1-14(2)19(12-15-8-4-3-5-9-15)13-16-10-6-7-11-17(16)18-20/h3-11,14,18,20H,12-13H2,1-2H3. The van der Waals surface area contributed by atoms with E-state index < -0.39 is 0 Å². The monoisotopic (exact) mass is 267 g/mol. The molecule has 0 heterocycles. The van der Waals surface area contributed by atoms with Crippen molar-refractivity contribution in [3.8, 4) is 0 Å². The summed E-state index contributed by atoms with van der Waals surface area (Å²) in [4.78, 5) is 2.42. The van der Waals surface area contributed by atoms with Crippen molar-refractivity contribution in [1.82, 2.24) is 4.90 Å². The number of rotatable bonds is 6. The molecule has 1 N–H and O–H groups in total. The lowest BCUT2D eigenvalue weighted by Crippen LogP contribution is -2.33. The molecule has 0 bridgehead atoms. The van der Waals surface area contributed by atoms with Crippen molar-refractivity contribution < 1.29 is 5.02 Å². The fourth-order valence-electron chi connectivity index (χ4n) is 2.32. The smallest absolute Gasteiger partial charge is 0.305 e. The molecule has 20 heavy (non-hydrogen) atoms. The highest BCUT2D eigenvalue weighted by molar-refractivity contribution is 6.46. The van der Waals surface area contributed by atoms with Crippen LogP contribution in [-0.4, -0.2) is 23.4 Å². The maximum absolute atomic E-state index is 9.44. The van der Waals surface area contributed by atoms with Gasteiger partial charge in [0.2, 0.25) is 0 Å². The third-order valence-electron chi connectivity index (χ3n) is 3.62. The van der Waals surface area contributed by atoms with E-state index in [-0.39, 0.29) is 7.48 Å². The van der Waals surface area contributed by atoms with Gasteiger partial charge in [-0.15, -0.1) is 0 Å². The third-order valence-corrected chi connectivity index (χ3v) is 3.62. The van der Waals surface area contributed by atoms with E-state index in [0.717, 1.165) is 18.6 Å². The molecule has 2 nitrogen and oxygen atoms in total. The molecule has 0 aliphatic heterocycles. The van der Waals surface area contributed by atoms with Gasteiger partial charge < -0.3 is 5.02 Å². The Morgan fingerprint density at radius 1 is 0.950 bits per heavy atom. The minimum atomic E-state index is 0.105. The van der Waals surface area contributed by atoms with E-state index in [9.17, 15) is 5.02 Å². The average Bonchev–Trinajstić information content (AvgIpc) is 2.48. The van der Waals surface area contributed by atoms with Gasteiger partial charge >= 0.3 is 7.48 Å². The second-order valence-electron chi connectivity index (χ2n) is 5.41. The lowest BCUT2D eigenvalue weighted by molar-refractivity contribution is 0.204. The summed E-state index contributed by atoms with van der Waals surface area (Å²) in [5.41, 5.74) is 3.55. The highest BCUT2D eigenvalue weighted by Crippen LogP contribution is 2.12. The number of hydrogen-bond donors (Lipinski definition) is 1. The first-order valence-corrected chi connectivity index (χ1v) is 7.16. The number of benzene rings is 2. The van der Waals surface area contributed by atoms with E-state index >= 15 is 0 Å². The van der Waals surface area contributed by atoms with Gasteiger partial charge in [0, 0.05) is 19.1 Å². The Morgan fingerprint density at radius 3 is 2.25 bits per heavy atom. The zero-order chi connectivity index (χ0) is 14.4. The summed E-state index contributed by atoms with van der Waals surface area (Å²) in [6, 6.07) is 19.1. The summed E-state index contributed by atoms with van der Waals surface area (Å²) in [6.45, 7) is 6.22. The van der Waals surface area contributed by atoms with Crippen LogP contribution in [0, 0.1) is 0 Å². The van der Waals surface area contributed by atoms with E-state index in [1.165, 1.54) is 11.1 Å². The van der Waals surface area contributed by atoms with Gasteiger partial charge in [-0.1, -0.05) is 54.6 Å². The first-order valence-electron chi connectivity index (χ1n) is 7.16. The van der Waals surface area contributed by atoms with Crippen molar-refractivity contribution in [2.24, 2.45) is 0 Å². The normalized spacial score (nSPS) is 11.1. The Balaban J connectivity index is 2.13. The van der Waals surface area contributed by atoms with Crippen LogP contribution < -0.4 is 5.46 Å². The van der Waals surface area contributed by atoms with Crippen LogP contribution in [0.5, 0.6) is 0 Å². The van der Waals surface area contributed by atoms with Crippen LogP contribution in [0.2, 0.25) is 0 Å². The highest BCUT2D eigenvalue weighted by Gasteiger charge is 2.12. The second kappa shape index (κ2) is 7.27. The quantitative estimate of drug-likeness (QED) is 0.810. The minimum Gasteiger partial charge on any atom is -0.449 e. The van der Waals surface area contributed by atoms with E-state index in [0.29, 0.717) is 6.04 Å². The molecule has 0 saturated heterocycles. The van der Waals surface area contributed by atoms with Crippen LogP contribution in [0.15, 0.2) is 54.6 Å². The predicted octanol–water partition coefficient (Wildman–Crippen LogP) is 2.07. The van der Waals surface area contributed by atoms with Crippen LogP contribution in [0.1, 0.15) is 25.0 Å². The lowest BCUT2D eigenvalue weighted by atomic mass is 9.84. The molecule has 0 radical (unpaired) electrons. The van der Waals surface area contributed by atoms with Crippen LogP contribution in [0.3, 0.4) is 0 Å². The maximum Gasteiger partial charge on any atom is 0.305 e. The predicted molar refractivity (Wildman–Crippen MR) is 86.3 cm³/mol. The largest absolute Gasteiger partial charge is 0.449 e. The molecule has 0 fully saturated rings. The van der Waals surface area contributed by atoms with Gasteiger partial charge in [0.05, 0.1) is 0 Å². The topological polar surface area (TPSA) is 23.5 Å². The van der Waals surface area contributed by atoms with Gasteiger partial charge in [-0.2, -0.15) is 0 Å². The molecule has 0 aliphatic rings. The van der Waals surface area contributed by atoms with Crippen molar-refractivity contribution in [3.05, 3.63) is 65.7 Å². The molecule has 0 saturated carbocycles. The molecule has 0 amide bonds. The average molecular weight is 267 g/mol. The Kier molecular flexibility index (Phi) is 5.39. The van der Waals surface area contributed by atoms with Crippen LogP contribution in [-0.2, 0) is 13.1 Å². The Bertz CT molecular complexity index is 528. The fraction of sp³-hybridized carbons (Fsp3) is 0.294. The molecule has 3 heteroatoms. The Hall–Kier alpha value is -1.58. The van der Waals surface area contributed by atoms with E-state index in [4.69, 9.17) is 0 Å². The van der Waals surface area contributed by atoms with Crippen molar-refractivity contribution in [2.45, 2.75) is 33.0 Å². The van der Waals surface area contributed by atoms with Gasteiger partial charge in [0.1, 0.15) is 0 Å². The molecule has 0 unspecified atom stereocenters. The van der Waals surface area contributed by atoms with Gasteiger partial charge in [0.25, 0.3) is 0 Å². The van der Waals surface area contributed by atoms with E-state index in [2.05, 4.69) is 49.1 Å². The number of hydrogen-bond acceptors (Lipinski definition) is 2. The molecule has 2 aromatic carbocycles. The summed E-state index contributed by atoms with van der Waals surface area (Å²) in [5, 5.41) is 9.44. The molecular weight excluding hydrogens is 245 g/mol. The van der Waals surface area contributed by atoms with Gasteiger partial charge in [-0.3, -0.25) is 4.90 Å². The maximum atomic E-state index is 9.44. The van der Waals surface area contributed by atoms with Crippen LogP contribution >= 0.6 is 0 Å². The minimum absolute atomic E-state index is 0.105. The SMILES string of the molecule is CC(C)N(Cc1ccccc1)Cc1ccccc1BO. The molecule has 2 rings (SSSR count). The fourth-order valence-corrected chi connectivity index (χ4v) is 2.32. The second-order valence-corrected chi connectivity index (χ2v) is 5.41. The van der Waals surface area contributed by atoms with Crippen LogP contribution in [0.4, 0.5) is 0 Å². The summed E-state index contributed by atoms with van der Waals surface area (Å²) >= 11 is 0. The third kappa shape index (κ3) is 3.96. The number of nitrogens with zero attached hydrogens (tertiary/aromatic N) is 1. The lowest BCUT2D eigenvalue weighted by Gasteiger charge is -2.27. The van der Waals surface area contributed by atoms with Gasteiger partial charge in [-0.05, 0) is 30.4 Å².